The lowest BCUT2D eigenvalue weighted by molar-refractivity contribution is -0.115. The van der Waals surface area contributed by atoms with Gasteiger partial charge in [0.25, 0.3) is 15.9 Å². The second kappa shape index (κ2) is 10.1. The van der Waals surface area contributed by atoms with Gasteiger partial charge < -0.3 is 10.6 Å². The summed E-state index contributed by atoms with van der Waals surface area (Å²) in [5.41, 5.74) is 3.51. The molecule has 0 aliphatic carbocycles. The lowest BCUT2D eigenvalue weighted by Gasteiger charge is -2.14. The van der Waals surface area contributed by atoms with Crippen LogP contribution in [0, 0.1) is 20.8 Å². The van der Waals surface area contributed by atoms with Gasteiger partial charge in [0.15, 0.2) is 0 Å². The van der Waals surface area contributed by atoms with Crippen molar-refractivity contribution in [2.45, 2.75) is 25.7 Å². The molecule has 0 bridgehead atoms. The first-order chi connectivity index (χ1) is 15.5. The summed E-state index contributed by atoms with van der Waals surface area (Å²) in [4.78, 5) is 24.5. The average Bonchev–Trinajstić information content (AvgIpc) is 2.76. The van der Waals surface area contributed by atoms with Crippen LogP contribution in [0.5, 0.6) is 0 Å². The number of halogens is 1. The van der Waals surface area contributed by atoms with Crippen LogP contribution in [-0.2, 0) is 14.8 Å². The smallest absolute Gasteiger partial charge is 0.262 e. The molecular weight excluding hydrogens is 462 g/mol. The highest BCUT2D eigenvalue weighted by atomic mass is 35.5. The van der Waals surface area contributed by atoms with Gasteiger partial charge in [0.1, 0.15) is 0 Å². The summed E-state index contributed by atoms with van der Waals surface area (Å²) >= 11 is 5.81. The molecule has 0 unspecified atom stereocenters. The Labute approximate surface area is 198 Å². The van der Waals surface area contributed by atoms with Gasteiger partial charge in [-0.2, -0.15) is 0 Å². The minimum atomic E-state index is -3.88. The number of carbonyl (C=O) groups excluding carboxylic acids is 2. The van der Waals surface area contributed by atoms with E-state index in [4.69, 9.17) is 11.6 Å². The fourth-order valence-corrected chi connectivity index (χ4v) is 4.69. The molecule has 0 aliphatic heterocycles. The number of benzene rings is 3. The van der Waals surface area contributed by atoms with E-state index in [1.165, 1.54) is 6.07 Å². The Hall–Kier alpha value is -3.36. The lowest BCUT2D eigenvalue weighted by Crippen LogP contribution is -2.32. The van der Waals surface area contributed by atoms with Crippen LogP contribution in [0.2, 0.25) is 5.02 Å². The Kier molecular flexibility index (Phi) is 7.40. The highest BCUT2D eigenvalue weighted by molar-refractivity contribution is 7.92. The minimum absolute atomic E-state index is 0.0467. The van der Waals surface area contributed by atoms with Gasteiger partial charge in [-0.05, 0) is 74.4 Å². The molecule has 0 atom stereocenters. The average molecular weight is 486 g/mol. The Morgan fingerprint density at radius 2 is 1.58 bits per heavy atom. The number of aryl methyl sites for hydroxylation is 3. The largest absolute Gasteiger partial charge is 0.343 e. The van der Waals surface area contributed by atoms with Gasteiger partial charge in [-0.3, -0.25) is 14.3 Å². The summed E-state index contributed by atoms with van der Waals surface area (Å²) in [7, 11) is -3.88. The fourth-order valence-electron chi connectivity index (χ4n) is 3.16. The van der Waals surface area contributed by atoms with E-state index in [0.29, 0.717) is 27.5 Å². The molecule has 0 saturated heterocycles. The molecule has 0 spiro atoms. The number of sulfonamides is 1. The van der Waals surface area contributed by atoms with Crippen LogP contribution in [0.3, 0.4) is 0 Å². The number of nitrogens with one attached hydrogen (secondary N) is 3. The van der Waals surface area contributed by atoms with Gasteiger partial charge in [0, 0.05) is 16.3 Å². The van der Waals surface area contributed by atoms with Crippen molar-refractivity contribution in [3.8, 4) is 0 Å². The lowest BCUT2D eigenvalue weighted by atomic mass is 10.1. The highest BCUT2D eigenvalue weighted by Crippen LogP contribution is 2.25. The SMILES string of the molecule is Cc1ccc(NS(=O)(=O)c2cc(NC(=O)CNC(=O)c3ccc(Cl)cc3)ccc2C)c(C)c1. The zero-order valence-electron chi connectivity index (χ0n) is 18.4. The number of carbonyl (C=O) groups is 2. The molecule has 172 valence electrons. The Balaban J connectivity index is 1.69. The molecule has 0 heterocycles. The van der Waals surface area contributed by atoms with Crippen LogP contribution in [0.15, 0.2) is 65.6 Å². The van der Waals surface area contributed by atoms with E-state index in [2.05, 4.69) is 15.4 Å². The maximum atomic E-state index is 13.0. The third kappa shape index (κ3) is 6.34. The van der Waals surface area contributed by atoms with Crippen molar-refractivity contribution in [2.24, 2.45) is 0 Å². The van der Waals surface area contributed by atoms with Crippen LogP contribution in [0.25, 0.3) is 0 Å². The molecule has 0 radical (unpaired) electrons. The van der Waals surface area contributed by atoms with Crippen molar-refractivity contribution in [3.05, 3.63) is 87.9 Å². The highest BCUT2D eigenvalue weighted by Gasteiger charge is 2.19. The molecule has 33 heavy (non-hydrogen) atoms. The molecule has 7 nitrogen and oxygen atoms in total. The van der Waals surface area contributed by atoms with Crippen molar-refractivity contribution in [3.63, 3.8) is 0 Å². The first-order valence-electron chi connectivity index (χ1n) is 10.1. The Bertz CT molecular complexity index is 1310. The van der Waals surface area contributed by atoms with Crippen LogP contribution in [0.4, 0.5) is 11.4 Å². The van der Waals surface area contributed by atoms with Gasteiger partial charge >= 0.3 is 0 Å². The summed E-state index contributed by atoms with van der Waals surface area (Å²) < 4.78 is 28.6. The van der Waals surface area contributed by atoms with E-state index in [1.807, 2.05) is 26.0 Å². The maximum Gasteiger partial charge on any atom is 0.262 e. The summed E-state index contributed by atoms with van der Waals surface area (Å²) in [6, 6.07) is 16.3. The zero-order chi connectivity index (χ0) is 24.2. The summed E-state index contributed by atoms with van der Waals surface area (Å²) in [6.45, 7) is 5.15. The molecule has 3 N–H and O–H groups in total. The van der Waals surface area contributed by atoms with E-state index in [-0.39, 0.29) is 11.4 Å². The second-order valence-electron chi connectivity index (χ2n) is 7.64. The molecule has 3 aromatic carbocycles. The number of rotatable bonds is 7. The third-order valence-corrected chi connectivity index (χ3v) is 6.66. The number of amides is 2. The van der Waals surface area contributed by atoms with Gasteiger partial charge in [0.2, 0.25) is 5.91 Å². The van der Waals surface area contributed by atoms with Gasteiger partial charge in [0.05, 0.1) is 17.1 Å². The third-order valence-electron chi connectivity index (χ3n) is 4.90. The zero-order valence-corrected chi connectivity index (χ0v) is 20.0. The summed E-state index contributed by atoms with van der Waals surface area (Å²) in [5.74, 6) is -0.918. The van der Waals surface area contributed by atoms with Crippen molar-refractivity contribution >= 4 is 44.8 Å². The standard InChI is InChI=1S/C24H24ClN3O4S/c1-15-4-11-21(17(3)12-15)28-33(31,32)22-13-20(10-5-16(22)2)27-23(29)14-26-24(30)18-6-8-19(25)9-7-18/h4-13,28H,14H2,1-3H3,(H,26,30)(H,27,29). The van der Waals surface area contributed by atoms with Crippen LogP contribution < -0.4 is 15.4 Å². The normalized spacial score (nSPS) is 11.0. The second-order valence-corrected chi connectivity index (χ2v) is 9.73. The summed E-state index contributed by atoms with van der Waals surface area (Å²) in [6.07, 6.45) is 0. The Morgan fingerprint density at radius 3 is 2.24 bits per heavy atom. The summed E-state index contributed by atoms with van der Waals surface area (Å²) in [5, 5.41) is 5.63. The topological polar surface area (TPSA) is 104 Å². The van der Waals surface area contributed by atoms with E-state index >= 15 is 0 Å². The number of hydrogen-bond donors (Lipinski definition) is 3. The van der Waals surface area contributed by atoms with Crippen LogP contribution >= 0.6 is 11.6 Å². The number of anilines is 2. The quantitative estimate of drug-likeness (QED) is 0.460. The van der Waals surface area contributed by atoms with Gasteiger partial charge in [-0.15, -0.1) is 0 Å². The molecule has 0 saturated carbocycles. The van der Waals surface area contributed by atoms with Crippen molar-refractivity contribution in [1.29, 1.82) is 0 Å². The van der Waals surface area contributed by atoms with E-state index in [0.717, 1.165) is 11.1 Å². The number of hydrogen-bond acceptors (Lipinski definition) is 4. The predicted octanol–water partition coefficient (Wildman–Crippen LogP) is 4.43. The maximum absolute atomic E-state index is 13.0. The molecule has 3 rings (SSSR count). The molecule has 9 heteroatoms. The first-order valence-corrected chi connectivity index (χ1v) is 12.0. The molecule has 0 fully saturated rings. The van der Waals surface area contributed by atoms with E-state index < -0.39 is 21.8 Å². The molecule has 0 aromatic heterocycles. The minimum Gasteiger partial charge on any atom is -0.343 e. The predicted molar refractivity (Wildman–Crippen MR) is 130 cm³/mol. The Morgan fingerprint density at radius 1 is 0.879 bits per heavy atom. The molecule has 0 aliphatic rings. The molecule has 2 amide bonds. The van der Waals surface area contributed by atoms with Crippen LogP contribution in [-0.4, -0.2) is 26.8 Å². The van der Waals surface area contributed by atoms with Crippen molar-refractivity contribution in [2.75, 3.05) is 16.6 Å². The van der Waals surface area contributed by atoms with Gasteiger partial charge in [-0.25, -0.2) is 8.42 Å². The first kappa shape index (κ1) is 24.3. The van der Waals surface area contributed by atoms with E-state index in [1.54, 1.807) is 49.4 Å². The van der Waals surface area contributed by atoms with E-state index in [9.17, 15) is 18.0 Å². The molecular formula is C24H24ClN3O4S. The van der Waals surface area contributed by atoms with Crippen molar-refractivity contribution < 1.29 is 18.0 Å². The fraction of sp³-hybridized carbons (Fsp3) is 0.167. The monoisotopic (exact) mass is 485 g/mol. The van der Waals surface area contributed by atoms with Crippen molar-refractivity contribution in [1.82, 2.24) is 5.32 Å². The molecule has 3 aromatic rings. The van der Waals surface area contributed by atoms with Gasteiger partial charge in [-0.1, -0.05) is 35.4 Å². The van der Waals surface area contributed by atoms with Crippen LogP contribution in [0.1, 0.15) is 27.0 Å².